The first-order valence-electron chi connectivity index (χ1n) is 16.3. The van der Waals surface area contributed by atoms with Crippen molar-refractivity contribution in [3.05, 3.63) is 158 Å². The highest BCUT2D eigenvalue weighted by atomic mass is 15.0. The van der Waals surface area contributed by atoms with E-state index in [1.807, 2.05) is 42.6 Å². The van der Waals surface area contributed by atoms with Gasteiger partial charge in [-0.05, 0) is 51.9 Å². The van der Waals surface area contributed by atoms with E-state index in [1.165, 1.54) is 10.8 Å². The zero-order valence-corrected chi connectivity index (χ0v) is 26.2. The Morgan fingerprint density at radius 3 is 1.59 bits per heavy atom. The number of aromatic nitrogens is 6. The van der Waals surface area contributed by atoms with Crippen molar-refractivity contribution in [1.29, 1.82) is 0 Å². The predicted octanol–water partition coefficient (Wildman–Crippen LogP) is 10.2. The molecule has 0 saturated carbocycles. The summed E-state index contributed by atoms with van der Waals surface area (Å²) in [4.78, 5) is 25.3. The molecule has 49 heavy (non-hydrogen) atoms. The fourth-order valence-electron chi connectivity index (χ4n) is 6.75. The van der Waals surface area contributed by atoms with Crippen LogP contribution in [-0.2, 0) is 0 Å². The van der Waals surface area contributed by atoms with E-state index in [0.717, 1.165) is 66.3 Å². The summed E-state index contributed by atoms with van der Waals surface area (Å²) < 4.78 is 2.12. The molecule has 0 saturated heterocycles. The van der Waals surface area contributed by atoms with Crippen molar-refractivity contribution in [2.24, 2.45) is 0 Å². The minimum Gasteiger partial charge on any atom is -0.298 e. The molecule has 10 rings (SSSR count). The molecule has 228 valence electrons. The maximum Gasteiger partial charge on any atom is 0.164 e. The lowest BCUT2D eigenvalue weighted by Gasteiger charge is -2.11. The smallest absolute Gasteiger partial charge is 0.164 e. The van der Waals surface area contributed by atoms with Crippen LogP contribution in [0, 0.1) is 0 Å². The second kappa shape index (κ2) is 10.9. The average molecular weight is 627 g/mol. The van der Waals surface area contributed by atoms with Gasteiger partial charge in [0.15, 0.2) is 17.5 Å². The molecule has 0 spiro atoms. The Morgan fingerprint density at radius 2 is 0.918 bits per heavy atom. The molecule has 0 bridgehead atoms. The molecule has 0 amide bonds. The minimum absolute atomic E-state index is 0.610. The Balaban J connectivity index is 1.14. The molecule has 0 aliphatic rings. The molecule has 6 aromatic carbocycles. The van der Waals surface area contributed by atoms with E-state index in [-0.39, 0.29) is 0 Å². The van der Waals surface area contributed by atoms with Crippen LogP contribution in [0.4, 0.5) is 0 Å². The topological polar surface area (TPSA) is 68.9 Å². The Morgan fingerprint density at radius 1 is 0.388 bits per heavy atom. The van der Waals surface area contributed by atoms with Gasteiger partial charge in [-0.25, -0.2) is 24.9 Å². The number of para-hydroxylation sites is 1. The van der Waals surface area contributed by atoms with Crippen LogP contribution < -0.4 is 0 Å². The van der Waals surface area contributed by atoms with Gasteiger partial charge in [0, 0.05) is 33.8 Å². The SMILES string of the molecule is c1ccc2cc(-c3nc(-c4ccc(-c5nc6ccccc6c6nc7ccccn7c56)cc4)nc(-c4ccc5ccccc5c4)n3)ccc2c1. The molecular formula is C43H26N6. The number of pyridine rings is 2. The third-order valence-electron chi connectivity index (χ3n) is 9.21. The molecule has 4 heterocycles. The quantitative estimate of drug-likeness (QED) is 0.194. The Bertz CT molecular complexity index is 2790. The molecule has 6 nitrogen and oxygen atoms in total. The van der Waals surface area contributed by atoms with Crippen molar-refractivity contribution >= 4 is 49.1 Å². The van der Waals surface area contributed by atoms with Crippen LogP contribution in [0.15, 0.2) is 158 Å². The molecule has 0 fully saturated rings. The molecule has 6 heteroatoms. The normalized spacial score (nSPS) is 11.7. The molecule has 0 unspecified atom stereocenters. The summed E-state index contributed by atoms with van der Waals surface area (Å²) in [6, 6.07) is 52.0. The fraction of sp³-hybridized carbons (Fsp3) is 0. The first-order chi connectivity index (χ1) is 24.2. The third-order valence-corrected chi connectivity index (χ3v) is 9.21. The van der Waals surface area contributed by atoms with E-state index in [2.05, 4.69) is 120 Å². The lowest BCUT2D eigenvalue weighted by Crippen LogP contribution is -2.00. The highest BCUT2D eigenvalue weighted by Gasteiger charge is 2.18. The van der Waals surface area contributed by atoms with Gasteiger partial charge in [-0.15, -0.1) is 0 Å². The van der Waals surface area contributed by atoms with Gasteiger partial charge in [0.25, 0.3) is 0 Å². The van der Waals surface area contributed by atoms with Crippen molar-refractivity contribution in [1.82, 2.24) is 29.3 Å². The maximum absolute atomic E-state index is 5.15. The van der Waals surface area contributed by atoms with Crippen LogP contribution in [0.1, 0.15) is 0 Å². The van der Waals surface area contributed by atoms with Crippen molar-refractivity contribution in [2.75, 3.05) is 0 Å². The van der Waals surface area contributed by atoms with E-state index < -0.39 is 0 Å². The van der Waals surface area contributed by atoms with E-state index >= 15 is 0 Å². The second-order valence-corrected chi connectivity index (χ2v) is 12.2. The fourth-order valence-corrected chi connectivity index (χ4v) is 6.75. The number of benzene rings is 6. The van der Waals surface area contributed by atoms with Gasteiger partial charge in [-0.3, -0.25) is 4.40 Å². The van der Waals surface area contributed by atoms with Crippen LogP contribution >= 0.6 is 0 Å². The predicted molar refractivity (Wildman–Crippen MR) is 198 cm³/mol. The highest BCUT2D eigenvalue weighted by molar-refractivity contribution is 6.09. The largest absolute Gasteiger partial charge is 0.298 e. The van der Waals surface area contributed by atoms with E-state index in [9.17, 15) is 0 Å². The van der Waals surface area contributed by atoms with Gasteiger partial charge in [-0.2, -0.15) is 0 Å². The van der Waals surface area contributed by atoms with Gasteiger partial charge in [-0.1, -0.05) is 121 Å². The molecule has 0 atom stereocenters. The summed E-state index contributed by atoms with van der Waals surface area (Å²) in [6.07, 6.45) is 2.05. The molecule has 4 aromatic heterocycles. The van der Waals surface area contributed by atoms with Crippen molar-refractivity contribution in [3.63, 3.8) is 0 Å². The highest BCUT2D eigenvalue weighted by Crippen LogP contribution is 2.34. The van der Waals surface area contributed by atoms with Gasteiger partial charge in [0.05, 0.1) is 16.7 Å². The van der Waals surface area contributed by atoms with Crippen LogP contribution in [0.3, 0.4) is 0 Å². The summed E-state index contributed by atoms with van der Waals surface area (Å²) in [6.45, 7) is 0. The number of nitrogens with zero attached hydrogens (tertiary/aromatic N) is 6. The van der Waals surface area contributed by atoms with Crippen molar-refractivity contribution in [3.8, 4) is 45.4 Å². The van der Waals surface area contributed by atoms with E-state index in [0.29, 0.717) is 17.5 Å². The van der Waals surface area contributed by atoms with Gasteiger partial charge in [0.1, 0.15) is 11.2 Å². The molecule has 0 aliphatic heterocycles. The van der Waals surface area contributed by atoms with E-state index in [4.69, 9.17) is 24.9 Å². The summed E-state index contributed by atoms with van der Waals surface area (Å²) in [7, 11) is 0. The lowest BCUT2D eigenvalue weighted by molar-refractivity contribution is 1.08. The number of imidazole rings is 1. The zero-order chi connectivity index (χ0) is 32.3. The van der Waals surface area contributed by atoms with Crippen LogP contribution in [-0.4, -0.2) is 29.3 Å². The van der Waals surface area contributed by atoms with Crippen LogP contribution in [0.2, 0.25) is 0 Å². The second-order valence-electron chi connectivity index (χ2n) is 12.2. The minimum atomic E-state index is 0.610. The average Bonchev–Trinajstić information content (AvgIpc) is 3.57. The molecule has 10 aromatic rings. The van der Waals surface area contributed by atoms with Crippen LogP contribution in [0.5, 0.6) is 0 Å². The van der Waals surface area contributed by atoms with Crippen molar-refractivity contribution in [2.45, 2.75) is 0 Å². The summed E-state index contributed by atoms with van der Waals surface area (Å²) >= 11 is 0. The number of hydrogen-bond acceptors (Lipinski definition) is 5. The molecule has 0 aliphatic carbocycles. The Labute approximate surface area is 281 Å². The molecule has 0 N–H and O–H groups in total. The molecular weight excluding hydrogens is 601 g/mol. The summed E-state index contributed by atoms with van der Waals surface area (Å²) in [5, 5.41) is 5.66. The van der Waals surface area contributed by atoms with Crippen LogP contribution in [0.25, 0.3) is 94.5 Å². The van der Waals surface area contributed by atoms with E-state index in [1.54, 1.807) is 0 Å². The number of rotatable bonds is 4. The Kier molecular flexibility index (Phi) is 6.08. The first-order valence-corrected chi connectivity index (χ1v) is 16.3. The number of hydrogen-bond donors (Lipinski definition) is 0. The maximum atomic E-state index is 5.15. The number of fused-ring (bicyclic) bond motifs is 7. The van der Waals surface area contributed by atoms with Gasteiger partial charge < -0.3 is 0 Å². The zero-order valence-electron chi connectivity index (χ0n) is 26.2. The molecule has 0 radical (unpaired) electrons. The summed E-state index contributed by atoms with van der Waals surface area (Å²) in [5.74, 6) is 1.87. The monoisotopic (exact) mass is 626 g/mol. The van der Waals surface area contributed by atoms with Crippen molar-refractivity contribution < 1.29 is 0 Å². The summed E-state index contributed by atoms with van der Waals surface area (Å²) in [5.41, 5.74) is 8.37. The lowest BCUT2D eigenvalue weighted by atomic mass is 10.0. The van der Waals surface area contributed by atoms with Gasteiger partial charge >= 0.3 is 0 Å². The standard InChI is InChI=1S/C43H26N6/c1-3-11-31-25-33(22-16-27(31)9-1)42-46-41(47-43(48-42)34-23-17-28-10-2-4-12-32(28)26-34)30-20-18-29(19-21-30)38-40-39(35-13-5-6-14-36(35)44-38)45-37-15-7-8-24-49(37)40/h1-26H. The Hall–Kier alpha value is -6.79. The first kappa shape index (κ1) is 27.3. The third kappa shape index (κ3) is 4.61. The van der Waals surface area contributed by atoms with Gasteiger partial charge in [0.2, 0.25) is 0 Å².